The van der Waals surface area contributed by atoms with Crippen LogP contribution in [0.5, 0.6) is 0 Å². The van der Waals surface area contributed by atoms with Gasteiger partial charge in [0.2, 0.25) is 5.91 Å². The summed E-state index contributed by atoms with van der Waals surface area (Å²) in [5.41, 5.74) is 0.765. The largest absolute Gasteiger partial charge is 0.383 e. The van der Waals surface area contributed by atoms with Crippen LogP contribution in [0, 0.1) is 5.92 Å². The van der Waals surface area contributed by atoms with E-state index < -0.39 is 0 Å². The maximum atomic E-state index is 12.6. The third-order valence-electron chi connectivity index (χ3n) is 5.72. The Morgan fingerprint density at radius 2 is 1.85 bits per heavy atom. The van der Waals surface area contributed by atoms with Crippen LogP contribution in [0.25, 0.3) is 0 Å². The number of piperidine rings is 2. The van der Waals surface area contributed by atoms with E-state index in [4.69, 9.17) is 4.74 Å². The van der Waals surface area contributed by atoms with Crippen LogP contribution in [0.2, 0.25) is 0 Å². The van der Waals surface area contributed by atoms with Gasteiger partial charge in [-0.15, -0.1) is 0 Å². The van der Waals surface area contributed by atoms with E-state index in [1.54, 1.807) is 7.11 Å². The Labute approximate surface area is 161 Å². The highest BCUT2D eigenvalue weighted by molar-refractivity contribution is 5.94. The van der Waals surface area contributed by atoms with Crippen molar-refractivity contribution in [1.82, 2.24) is 15.1 Å². The number of likely N-dealkylation sites (tertiary alicyclic amines) is 2. The predicted molar refractivity (Wildman–Crippen MR) is 105 cm³/mol. The van der Waals surface area contributed by atoms with Crippen LogP contribution in [-0.2, 0) is 9.53 Å². The predicted octanol–water partition coefficient (Wildman–Crippen LogP) is 1.77. The smallest absolute Gasteiger partial charge is 0.253 e. The van der Waals surface area contributed by atoms with Gasteiger partial charge in [-0.25, -0.2) is 0 Å². The summed E-state index contributed by atoms with van der Waals surface area (Å²) in [5.74, 6) is 0.344. The molecule has 6 heteroatoms. The van der Waals surface area contributed by atoms with Gasteiger partial charge in [0.15, 0.2) is 0 Å². The minimum absolute atomic E-state index is 0.0691. The molecule has 0 spiro atoms. The lowest BCUT2D eigenvalue weighted by Crippen LogP contribution is -2.51. The highest BCUT2D eigenvalue weighted by Gasteiger charge is 2.32. The van der Waals surface area contributed by atoms with Crippen LogP contribution < -0.4 is 5.32 Å². The molecule has 2 aliphatic rings. The maximum absolute atomic E-state index is 12.6. The third kappa shape index (κ3) is 5.30. The quantitative estimate of drug-likeness (QED) is 0.772. The number of rotatable bonds is 6. The lowest BCUT2D eigenvalue weighted by molar-refractivity contribution is -0.127. The van der Waals surface area contributed by atoms with Gasteiger partial charge in [-0.1, -0.05) is 18.2 Å². The summed E-state index contributed by atoms with van der Waals surface area (Å²) < 4.78 is 5.00. The van der Waals surface area contributed by atoms with Gasteiger partial charge in [-0.05, 0) is 44.4 Å². The lowest BCUT2D eigenvalue weighted by atomic mass is 9.93. The van der Waals surface area contributed by atoms with E-state index in [1.807, 2.05) is 35.2 Å². The number of hydrogen-bond acceptors (Lipinski definition) is 4. The Morgan fingerprint density at radius 1 is 1.11 bits per heavy atom. The summed E-state index contributed by atoms with van der Waals surface area (Å²) in [5, 5.41) is 2.97. The molecule has 0 radical (unpaired) electrons. The monoisotopic (exact) mass is 373 g/mol. The molecule has 148 valence electrons. The normalized spacial score (nSPS) is 21.8. The van der Waals surface area contributed by atoms with Gasteiger partial charge < -0.3 is 15.0 Å². The molecular weight excluding hydrogens is 342 g/mol. The molecule has 2 aliphatic heterocycles. The van der Waals surface area contributed by atoms with Crippen LogP contribution in [0.3, 0.4) is 0 Å². The van der Waals surface area contributed by atoms with E-state index in [0.29, 0.717) is 19.2 Å². The molecule has 0 unspecified atom stereocenters. The third-order valence-corrected chi connectivity index (χ3v) is 5.72. The summed E-state index contributed by atoms with van der Waals surface area (Å²) >= 11 is 0. The number of benzene rings is 1. The van der Waals surface area contributed by atoms with Crippen molar-refractivity contribution in [3.05, 3.63) is 35.9 Å². The number of carbonyl (C=O) groups excluding carboxylic acids is 2. The Balaban J connectivity index is 1.47. The zero-order valence-corrected chi connectivity index (χ0v) is 16.2. The second-order valence-corrected chi connectivity index (χ2v) is 7.51. The number of ether oxygens (including phenoxy) is 1. The fourth-order valence-corrected chi connectivity index (χ4v) is 4.17. The Morgan fingerprint density at radius 3 is 2.56 bits per heavy atom. The van der Waals surface area contributed by atoms with Crippen LogP contribution in [0.4, 0.5) is 0 Å². The maximum Gasteiger partial charge on any atom is 0.253 e. The number of nitrogens with one attached hydrogen (secondary N) is 1. The molecule has 0 aromatic heterocycles. The van der Waals surface area contributed by atoms with Crippen molar-refractivity contribution in [2.24, 2.45) is 5.92 Å². The number of methoxy groups -OCH3 is 1. The molecule has 1 aromatic rings. The molecular formula is C21H31N3O3. The van der Waals surface area contributed by atoms with Crippen molar-refractivity contribution >= 4 is 11.8 Å². The van der Waals surface area contributed by atoms with Gasteiger partial charge in [0.25, 0.3) is 5.91 Å². The first kappa shape index (κ1) is 19.8. The average molecular weight is 373 g/mol. The van der Waals surface area contributed by atoms with Gasteiger partial charge in [0, 0.05) is 44.9 Å². The molecule has 2 amide bonds. The zero-order valence-electron chi connectivity index (χ0n) is 16.2. The number of carbonyl (C=O) groups is 2. The topological polar surface area (TPSA) is 61.9 Å². The van der Waals surface area contributed by atoms with Crippen molar-refractivity contribution in [3.8, 4) is 0 Å². The van der Waals surface area contributed by atoms with E-state index in [0.717, 1.165) is 57.4 Å². The van der Waals surface area contributed by atoms with Gasteiger partial charge >= 0.3 is 0 Å². The highest BCUT2D eigenvalue weighted by Crippen LogP contribution is 2.24. The van der Waals surface area contributed by atoms with Crippen molar-refractivity contribution in [2.45, 2.75) is 31.7 Å². The summed E-state index contributed by atoms with van der Waals surface area (Å²) in [7, 11) is 1.64. The van der Waals surface area contributed by atoms with Crippen molar-refractivity contribution in [3.63, 3.8) is 0 Å². The molecule has 2 heterocycles. The first-order valence-electron chi connectivity index (χ1n) is 10.0. The number of amides is 2. The van der Waals surface area contributed by atoms with Crippen molar-refractivity contribution in [1.29, 1.82) is 0 Å². The van der Waals surface area contributed by atoms with Crippen LogP contribution in [-0.4, -0.2) is 74.1 Å². The molecule has 0 saturated carbocycles. The molecule has 3 rings (SSSR count). The molecule has 6 nitrogen and oxygen atoms in total. The zero-order chi connectivity index (χ0) is 19.1. The van der Waals surface area contributed by atoms with Gasteiger partial charge in [-0.2, -0.15) is 0 Å². The van der Waals surface area contributed by atoms with Crippen LogP contribution >= 0.6 is 0 Å². The van der Waals surface area contributed by atoms with E-state index in [9.17, 15) is 9.59 Å². The van der Waals surface area contributed by atoms with Crippen molar-refractivity contribution in [2.75, 3.05) is 46.4 Å². The summed E-state index contributed by atoms with van der Waals surface area (Å²) in [6, 6.07) is 9.98. The summed E-state index contributed by atoms with van der Waals surface area (Å²) in [6.07, 6.45) is 3.99. The molecule has 27 heavy (non-hydrogen) atoms. The Bertz CT molecular complexity index is 614. The standard InChI is InChI=1S/C21H31N3O3/c1-27-15-11-22-20(25)18-8-5-12-24(16-18)19-9-13-23(14-10-19)21(26)17-6-3-2-4-7-17/h2-4,6-7,18-19H,5,8-16H2,1H3,(H,22,25)/t18-/m0/s1. The fourth-order valence-electron chi connectivity index (χ4n) is 4.17. The van der Waals surface area contributed by atoms with Gasteiger partial charge in [-0.3, -0.25) is 14.5 Å². The first-order chi connectivity index (χ1) is 13.2. The van der Waals surface area contributed by atoms with Gasteiger partial charge in [0.05, 0.1) is 12.5 Å². The van der Waals surface area contributed by atoms with E-state index >= 15 is 0 Å². The first-order valence-corrected chi connectivity index (χ1v) is 10.0. The van der Waals surface area contributed by atoms with E-state index in [1.165, 1.54) is 0 Å². The van der Waals surface area contributed by atoms with Gasteiger partial charge in [0.1, 0.15) is 0 Å². The highest BCUT2D eigenvalue weighted by atomic mass is 16.5. The number of hydrogen-bond donors (Lipinski definition) is 1. The Hall–Kier alpha value is -1.92. The summed E-state index contributed by atoms with van der Waals surface area (Å²) in [4.78, 5) is 29.4. The Kier molecular flexibility index (Phi) is 7.24. The minimum atomic E-state index is 0.0691. The SMILES string of the molecule is COCCNC(=O)[C@H]1CCCN(C2CCN(C(=O)c3ccccc3)CC2)C1. The average Bonchev–Trinajstić information content (AvgIpc) is 2.74. The molecule has 0 aliphatic carbocycles. The second kappa shape index (κ2) is 9.85. The molecule has 1 N–H and O–H groups in total. The molecule has 2 saturated heterocycles. The molecule has 0 bridgehead atoms. The summed E-state index contributed by atoms with van der Waals surface area (Å²) in [6.45, 7) is 4.59. The minimum Gasteiger partial charge on any atom is -0.383 e. The lowest BCUT2D eigenvalue weighted by Gasteiger charge is -2.42. The van der Waals surface area contributed by atoms with Crippen LogP contribution in [0.15, 0.2) is 30.3 Å². The van der Waals surface area contributed by atoms with Crippen LogP contribution in [0.1, 0.15) is 36.0 Å². The van der Waals surface area contributed by atoms with E-state index in [2.05, 4.69) is 10.2 Å². The second-order valence-electron chi connectivity index (χ2n) is 7.51. The van der Waals surface area contributed by atoms with Crippen molar-refractivity contribution < 1.29 is 14.3 Å². The number of nitrogens with zero attached hydrogens (tertiary/aromatic N) is 2. The molecule has 2 fully saturated rings. The fraction of sp³-hybridized carbons (Fsp3) is 0.619. The molecule has 1 aromatic carbocycles. The van der Waals surface area contributed by atoms with E-state index in [-0.39, 0.29) is 17.7 Å². The molecule has 1 atom stereocenters.